The molecule has 3 N–H and O–H groups in total. The molecule has 6 heteroatoms. The molecule has 1 saturated carbocycles. The maximum Gasteiger partial charge on any atom is 0.251 e. The Morgan fingerprint density at radius 2 is 1.79 bits per heavy atom. The Balaban J connectivity index is 2.01. The molecule has 132 valence electrons. The highest BCUT2D eigenvalue weighted by atomic mass is 19.1. The first kappa shape index (κ1) is 18.4. The zero-order valence-corrected chi connectivity index (χ0v) is 14.1. The number of amides is 2. The number of halogens is 1. The van der Waals surface area contributed by atoms with Crippen molar-refractivity contribution in [1.29, 1.82) is 0 Å². The third-order valence-electron chi connectivity index (χ3n) is 4.40. The smallest absolute Gasteiger partial charge is 0.251 e. The van der Waals surface area contributed by atoms with Crippen molar-refractivity contribution in [3.63, 3.8) is 0 Å². The van der Waals surface area contributed by atoms with Gasteiger partial charge in [0.15, 0.2) is 0 Å². The minimum atomic E-state index is -0.711. The normalized spacial score (nSPS) is 22.0. The molecule has 1 fully saturated rings. The third-order valence-corrected chi connectivity index (χ3v) is 4.40. The maximum absolute atomic E-state index is 12.9. The SMILES string of the molecule is CC(C)C(NC(=O)c1ccc(F)cc1)C(=O)NC1CCCCC1O. The number of benzene rings is 1. The fraction of sp³-hybridized carbons (Fsp3) is 0.556. The van der Waals surface area contributed by atoms with E-state index in [0.29, 0.717) is 12.0 Å². The van der Waals surface area contributed by atoms with Crippen molar-refractivity contribution in [1.82, 2.24) is 10.6 Å². The topological polar surface area (TPSA) is 78.4 Å². The minimum absolute atomic E-state index is 0.116. The summed E-state index contributed by atoms with van der Waals surface area (Å²) in [6.45, 7) is 3.68. The predicted octanol–water partition coefficient (Wildman–Crippen LogP) is 2.00. The van der Waals surface area contributed by atoms with Gasteiger partial charge in [-0.05, 0) is 43.0 Å². The van der Waals surface area contributed by atoms with Crippen LogP contribution in [0.4, 0.5) is 4.39 Å². The van der Waals surface area contributed by atoms with Crippen molar-refractivity contribution in [2.45, 2.75) is 57.7 Å². The summed E-state index contributed by atoms with van der Waals surface area (Å²) < 4.78 is 12.9. The molecule has 3 atom stereocenters. The van der Waals surface area contributed by atoms with Crippen LogP contribution in [0, 0.1) is 11.7 Å². The average Bonchev–Trinajstić information content (AvgIpc) is 2.54. The summed E-state index contributed by atoms with van der Waals surface area (Å²) in [6.07, 6.45) is 2.81. The number of hydrogen-bond donors (Lipinski definition) is 3. The number of aliphatic hydroxyl groups is 1. The van der Waals surface area contributed by atoms with E-state index in [1.807, 2.05) is 13.8 Å². The lowest BCUT2D eigenvalue weighted by molar-refractivity contribution is -0.125. The number of hydrogen-bond acceptors (Lipinski definition) is 3. The predicted molar refractivity (Wildman–Crippen MR) is 88.9 cm³/mol. The Labute approximate surface area is 141 Å². The van der Waals surface area contributed by atoms with E-state index in [0.717, 1.165) is 19.3 Å². The fourth-order valence-corrected chi connectivity index (χ4v) is 2.91. The molecule has 0 radical (unpaired) electrons. The van der Waals surface area contributed by atoms with Gasteiger partial charge in [0, 0.05) is 5.56 Å². The van der Waals surface area contributed by atoms with Crippen LogP contribution in [0.1, 0.15) is 49.9 Å². The lowest BCUT2D eigenvalue weighted by Gasteiger charge is -2.31. The number of carbonyl (C=O) groups is 2. The van der Waals surface area contributed by atoms with Crippen LogP contribution >= 0.6 is 0 Å². The van der Waals surface area contributed by atoms with Gasteiger partial charge in [-0.25, -0.2) is 4.39 Å². The number of carbonyl (C=O) groups excluding carboxylic acids is 2. The molecule has 0 spiro atoms. The number of nitrogens with one attached hydrogen (secondary N) is 2. The van der Waals surface area contributed by atoms with Gasteiger partial charge in [-0.1, -0.05) is 26.7 Å². The molecule has 24 heavy (non-hydrogen) atoms. The lowest BCUT2D eigenvalue weighted by atomic mass is 9.92. The van der Waals surface area contributed by atoms with Crippen LogP contribution in [-0.2, 0) is 4.79 Å². The van der Waals surface area contributed by atoms with E-state index in [-0.39, 0.29) is 17.9 Å². The Bertz CT molecular complexity index is 574. The molecule has 0 aromatic heterocycles. The fourth-order valence-electron chi connectivity index (χ4n) is 2.91. The summed E-state index contributed by atoms with van der Waals surface area (Å²) in [5.41, 5.74) is 0.299. The summed E-state index contributed by atoms with van der Waals surface area (Å²) in [6, 6.07) is 4.19. The van der Waals surface area contributed by atoms with E-state index in [2.05, 4.69) is 10.6 Å². The maximum atomic E-state index is 12.9. The largest absolute Gasteiger partial charge is 0.391 e. The summed E-state index contributed by atoms with van der Waals surface area (Å²) >= 11 is 0. The van der Waals surface area contributed by atoms with Gasteiger partial charge in [0.2, 0.25) is 5.91 Å². The summed E-state index contributed by atoms with van der Waals surface area (Å²) in [4.78, 5) is 24.8. The van der Waals surface area contributed by atoms with Crippen molar-refractivity contribution in [3.8, 4) is 0 Å². The van der Waals surface area contributed by atoms with Crippen molar-refractivity contribution in [3.05, 3.63) is 35.6 Å². The standard InChI is InChI=1S/C18H25FN2O3/c1-11(2)16(18(24)20-14-5-3-4-6-15(14)22)21-17(23)12-7-9-13(19)10-8-12/h7-11,14-16,22H,3-6H2,1-2H3,(H,20,24)(H,21,23). The van der Waals surface area contributed by atoms with Crippen LogP contribution in [0.15, 0.2) is 24.3 Å². The van der Waals surface area contributed by atoms with Gasteiger partial charge >= 0.3 is 0 Å². The molecule has 0 aliphatic heterocycles. The Morgan fingerprint density at radius 3 is 2.38 bits per heavy atom. The number of aliphatic hydroxyl groups excluding tert-OH is 1. The van der Waals surface area contributed by atoms with E-state index in [1.165, 1.54) is 24.3 Å². The van der Waals surface area contributed by atoms with Gasteiger partial charge in [-0.15, -0.1) is 0 Å². The summed E-state index contributed by atoms with van der Waals surface area (Å²) in [5.74, 6) is -1.26. The molecule has 2 amide bonds. The van der Waals surface area contributed by atoms with Crippen molar-refractivity contribution in [2.75, 3.05) is 0 Å². The van der Waals surface area contributed by atoms with Crippen molar-refractivity contribution in [2.24, 2.45) is 5.92 Å². The van der Waals surface area contributed by atoms with Gasteiger partial charge in [0.1, 0.15) is 11.9 Å². The highest BCUT2D eigenvalue weighted by molar-refractivity contribution is 5.97. The molecule has 1 aliphatic carbocycles. The third kappa shape index (κ3) is 4.77. The van der Waals surface area contributed by atoms with E-state index >= 15 is 0 Å². The second kappa shape index (κ2) is 8.24. The molecular weight excluding hydrogens is 311 g/mol. The van der Waals surface area contributed by atoms with Gasteiger partial charge in [-0.3, -0.25) is 9.59 Å². The molecule has 1 aliphatic rings. The van der Waals surface area contributed by atoms with Gasteiger partial charge < -0.3 is 15.7 Å². The second-order valence-electron chi connectivity index (χ2n) is 6.67. The molecular formula is C18H25FN2O3. The van der Waals surface area contributed by atoms with Crippen LogP contribution in [0.25, 0.3) is 0 Å². The van der Waals surface area contributed by atoms with Gasteiger partial charge in [-0.2, -0.15) is 0 Å². The van der Waals surface area contributed by atoms with E-state index in [4.69, 9.17) is 0 Å². The lowest BCUT2D eigenvalue weighted by Crippen LogP contribution is -2.55. The summed E-state index contributed by atoms with van der Waals surface area (Å²) in [7, 11) is 0. The molecule has 3 unspecified atom stereocenters. The van der Waals surface area contributed by atoms with Crippen molar-refractivity contribution >= 4 is 11.8 Å². The Morgan fingerprint density at radius 1 is 1.17 bits per heavy atom. The van der Waals surface area contributed by atoms with Gasteiger partial charge in [0.05, 0.1) is 12.1 Å². The molecule has 0 heterocycles. The number of rotatable bonds is 5. The van der Waals surface area contributed by atoms with Crippen LogP contribution in [0.5, 0.6) is 0 Å². The highest BCUT2D eigenvalue weighted by Gasteiger charge is 2.30. The Kier molecular flexibility index (Phi) is 6.31. The monoisotopic (exact) mass is 336 g/mol. The van der Waals surface area contributed by atoms with E-state index in [1.54, 1.807) is 0 Å². The van der Waals surface area contributed by atoms with Crippen LogP contribution in [0.3, 0.4) is 0 Å². The Hall–Kier alpha value is -1.95. The van der Waals surface area contributed by atoms with Crippen LogP contribution in [0.2, 0.25) is 0 Å². The van der Waals surface area contributed by atoms with Crippen LogP contribution < -0.4 is 10.6 Å². The molecule has 0 bridgehead atoms. The second-order valence-corrected chi connectivity index (χ2v) is 6.67. The molecule has 1 aromatic carbocycles. The minimum Gasteiger partial charge on any atom is -0.391 e. The molecule has 0 saturated heterocycles. The molecule has 2 rings (SSSR count). The highest BCUT2D eigenvalue weighted by Crippen LogP contribution is 2.19. The summed E-state index contributed by atoms with van der Waals surface area (Å²) in [5, 5.41) is 15.5. The van der Waals surface area contributed by atoms with Gasteiger partial charge in [0.25, 0.3) is 5.91 Å². The zero-order valence-electron chi connectivity index (χ0n) is 14.1. The van der Waals surface area contributed by atoms with Crippen molar-refractivity contribution < 1.29 is 19.1 Å². The molecule has 5 nitrogen and oxygen atoms in total. The quantitative estimate of drug-likeness (QED) is 0.769. The zero-order chi connectivity index (χ0) is 17.7. The van der Waals surface area contributed by atoms with Crippen LogP contribution in [-0.4, -0.2) is 35.1 Å². The average molecular weight is 336 g/mol. The molecule has 1 aromatic rings. The first-order chi connectivity index (χ1) is 11.4. The first-order valence-corrected chi connectivity index (χ1v) is 8.43. The van der Waals surface area contributed by atoms with E-state index < -0.39 is 23.9 Å². The van der Waals surface area contributed by atoms with E-state index in [9.17, 15) is 19.1 Å². The first-order valence-electron chi connectivity index (χ1n) is 8.43.